The van der Waals surface area contributed by atoms with Crippen LogP contribution >= 0.6 is 25.3 Å². The number of carboxylic acids is 1. The summed E-state index contributed by atoms with van der Waals surface area (Å²) in [5, 5.41) is 11.9. The third kappa shape index (κ3) is 3.53. The molecule has 0 aromatic heterocycles. The van der Waals surface area contributed by atoms with Gasteiger partial charge in [-0.2, -0.15) is 25.3 Å². The van der Waals surface area contributed by atoms with Gasteiger partial charge in [0.15, 0.2) is 0 Å². The van der Waals surface area contributed by atoms with E-state index in [-0.39, 0.29) is 10.1 Å². The molecular formula is C10H13NO3S2. The number of anilines is 1. The fourth-order valence-corrected chi connectivity index (χ4v) is 1.36. The van der Waals surface area contributed by atoms with Gasteiger partial charge in [-0.3, -0.25) is 0 Å². The van der Waals surface area contributed by atoms with Crippen molar-refractivity contribution < 1.29 is 14.6 Å². The molecule has 0 aliphatic rings. The van der Waals surface area contributed by atoms with E-state index in [1.165, 1.54) is 19.2 Å². The monoisotopic (exact) mass is 259 g/mol. The van der Waals surface area contributed by atoms with Crippen molar-refractivity contribution >= 4 is 36.9 Å². The molecule has 0 unspecified atom stereocenters. The first kappa shape index (κ1) is 13.1. The lowest BCUT2D eigenvalue weighted by Gasteiger charge is -2.12. The highest BCUT2D eigenvalue weighted by Gasteiger charge is 2.09. The van der Waals surface area contributed by atoms with Crippen molar-refractivity contribution in [2.45, 2.75) is 4.58 Å². The SMILES string of the molecule is COc1ccc(C(=O)O)cc1NCC(S)S. The lowest BCUT2D eigenvalue weighted by molar-refractivity contribution is 0.0697. The van der Waals surface area contributed by atoms with Gasteiger partial charge in [0.2, 0.25) is 0 Å². The van der Waals surface area contributed by atoms with Crippen LogP contribution in [0.4, 0.5) is 5.69 Å². The number of aromatic carboxylic acids is 1. The highest BCUT2D eigenvalue weighted by Crippen LogP contribution is 2.25. The first-order valence-corrected chi connectivity index (χ1v) is 5.59. The maximum atomic E-state index is 10.8. The average Bonchev–Trinajstić information content (AvgIpc) is 2.25. The van der Waals surface area contributed by atoms with Gasteiger partial charge in [-0.1, -0.05) is 0 Å². The van der Waals surface area contributed by atoms with Crippen LogP contribution in [0, 0.1) is 0 Å². The lowest BCUT2D eigenvalue weighted by Crippen LogP contribution is -2.10. The summed E-state index contributed by atoms with van der Waals surface area (Å²) in [6.07, 6.45) is 0. The van der Waals surface area contributed by atoms with E-state index >= 15 is 0 Å². The molecule has 0 spiro atoms. The minimum Gasteiger partial charge on any atom is -0.495 e. The van der Waals surface area contributed by atoms with Crippen molar-refractivity contribution in [3.8, 4) is 5.75 Å². The molecule has 0 heterocycles. The van der Waals surface area contributed by atoms with Crippen molar-refractivity contribution in [2.24, 2.45) is 0 Å². The second kappa shape index (κ2) is 5.91. The Morgan fingerprint density at radius 1 is 1.56 bits per heavy atom. The van der Waals surface area contributed by atoms with Gasteiger partial charge in [0.1, 0.15) is 5.75 Å². The third-order valence-corrected chi connectivity index (χ3v) is 2.29. The first-order valence-electron chi connectivity index (χ1n) is 4.56. The molecule has 0 saturated heterocycles. The van der Waals surface area contributed by atoms with Crippen LogP contribution in [0.15, 0.2) is 18.2 Å². The molecular weight excluding hydrogens is 246 g/mol. The molecule has 0 bridgehead atoms. The van der Waals surface area contributed by atoms with Gasteiger partial charge in [0, 0.05) is 6.54 Å². The number of carbonyl (C=O) groups is 1. The largest absolute Gasteiger partial charge is 0.495 e. The second-order valence-electron chi connectivity index (χ2n) is 3.08. The Balaban J connectivity index is 2.93. The molecule has 2 N–H and O–H groups in total. The summed E-state index contributed by atoms with van der Waals surface area (Å²) in [6.45, 7) is 0.506. The molecule has 0 radical (unpaired) electrons. The van der Waals surface area contributed by atoms with Crippen LogP contribution in [0.1, 0.15) is 10.4 Å². The van der Waals surface area contributed by atoms with E-state index in [9.17, 15) is 4.79 Å². The van der Waals surface area contributed by atoms with Gasteiger partial charge >= 0.3 is 5.97 Å². The Kier molecular flexibility index (Phi) is 4.82. The van der Waals surface area contributed by atoms with Crippen molar-refractivity contribution in [1.29, 1.82) is 0 Å². The lowest BCUT2D eigenvalue weighted by atomic mass is 10.2. The number of methoxy groups -OCH3 is 1. The molecule has 6 heteroatoms. The molecule has 16 heavy (non-hydrogen) atoms. The van der Waals surface area contributed by atoms with Crippen LogP contribution in [0.25, 0.3) is 0 Å². The molecule has 1 aromatic rings. The van der Waals surface area contributed by atoms with Crippen LogP contribution in [0.5, 0.6) is 5.75 Å². The number of thiol groups is 2. The Hall–Kier alpha value is -1.01. The molecule has 0 aliphatic heterocycles. The van der Waals surface area contributed by atoms with Crippen LogP contribution in [0.2, 0.25) is 0 Å². The van der Waals surface area contributed by atoms with Gasteiger partial charge < -0.3 is 15.2 Å². The van der Waals surface area contributed by atoms with Crippen molar-refractivity contribution in [2.75, 3.05) is 19.0 Å². The number of hydrogen-bond donors (Lipinski definition) is 4. The maximum absolute atomic E-state index is 10.8. The Labute approximate surface area is 105 Å². The molecule has 0 aliphatic carbocycles. The highest BCUT2D eigenvalue weighted by molar-refractivity contribution is 7.99. The van der Waals surface area contributed by atoms with Gasteiger partial charge in [0.05, 0.1) is 22.9 Å². The van der Waals surface area contributed by atoms with E-state index in [1.54, 1.807) is 6.07 Å². The zero-order valence-electron chi connectivity index (χ0n) is 8.67. The summed E-state index contributed by atoms with van der Waals surface area (Å²) in [5.41, 5.74) is 0.827. The van der Waals surface area contributed by atoms with E-state index < -0.39 is 5.97 Å². The summed E-state index contributed by atoms with van der Waals surface area (Å²) in [5.74, 6) is -0.383. The first-order chi connectivity index (χ1) is 7.54. The fraction of sp³-hybridized carbons (Fsp3) is 0.300. The van der Waals surface area contributed by atoms with Crippen LogP contribution in [0.3, 0.4) is 0 Å². The van der Waals surface area contributed by atoms with Gasteiger partial charge in [-0.05, 0) is 18.2 Å². The molecule has 88 valence electrons. The summed E-state index contributed by atoms with van der Waals surface area (Å²) >= 11 is 8.21. The minimum absolute atomic E-state index is 0.127. The van der Waals surface area contributed by atoms with Crippen molar-refractivity contribution in [3.63, 3.8) is 0 Å². The molecule has 0 fully saturated rings. The quantitative estimate of drug-likeness (QED) is 0.482. The summed E-state index contributed by atoms with van der Waals surface area (Å²) in [7, 11) is 1.53. The maximum Gasteiger partial charge on any atom is 0.335 e. The van der Waals surface area contributed by atoms with Gasteiger partial charge in [-0.15, -0.1) is 0 Å². The molecule has 1 aromatic carbocycles. The summed E-state index contributed by atoms with van der Waals surface area (Å²) < 4.78 is 4.98. The zero-order chi connectivity index (χ0) is 12.1. The number of carboxylic acid groups (broad SMARTS) is 1. The Bertz CT molecular complexity index is 382. The number of ether oxygens (including phenoxy) is 1. The Morgan fingerprint density at radius 3 is 2.75 bits per heavy atom. The molecule has 0 atom stereocenters. The molecule has 4 nitrogen and oxygen atoms in total. The molecule has 1 rings (SSSR count). The van der Waals surface area contributed by atoms with Gasteiger partial charge in [-0.25, -0.2) is 4.79 Å². The number of hydrogen-bond acceptors (Lipinski definition) is 5. The average molecular weight is 259 g/mol. The smallest absolute Gasteiger partial charge is 0.335 e. The highest BCUT2D eigenvalue weighted by atomic mass is 32.2. The van der Waals surface area contributed by atoms with Gasteiger partial charge in [0.25, 0.3) is 0 Å². The minimum atomic E-state index is -0.973. The summed E-state index contributed by atoms with van der Waals surface area (Å²) in [4.78, 5) is 10.8. The normalized spacial score (nSPS) is 10.2. The Morgan fingerprint density at radius 2 is 2.25 bits per heavy atom. The predicted molar refractivity (Wildman–Crippen MR) is 70.2 cm³/mol. The fourth-order valence-electron chi connectivity index (χ4n) is 1.18. The van der Waals surface area contributed by atoms with E-state index in [4.69, 9.17) is 9.84 Å². The molecule has 0 saturated carbocycles. The predicted octanol–water partition coefficient (Wildman–Crippen LogP) is 1.99. The van der Waals surface area contributed by atoms with Crippen molar-refractivity contribution in [1.82, 2.24) is 0 Å². The van der Waals surface area contributed by atoms with Crippen LogP contribution in [-0.4, -0.2) is 29.3 Å². The van der Waals surface area contributed by atoms with E-state index in [0.29, 0.717) is 18.0 Å². The standard InChI is InChI=1S/C10H13NO3S2/c1-14-8-3-2-6(10(12)13)4-7(8)11-5-9(15)16/h2-4,9,11,15-16H,5H2,1H3,(H,12,13). The molecule has 0 amide bonds. The third-order valence-electron chi connectivity index (χ3n) is 1.92. The van der Waals surface area contributed by atoms with Crippen LogP contribution < -0.4 is 10.1 Å². The van der Waals surface area contributed by atoms with E-state index in [1.807, 2.05) is 0 Å². The van der Waals surface area contributed by atoms with E-state index in [0.717, 1.165) is 0 Å². The number of rotatable bonds is 5. The van der Waals surface area contributed by atoms with Crippen LogP contribution in [-0.2, 0) is 0 Å². The number of nitrogens with one attached hydrogen (secondary N) is 1. The second-order valence-corrected chi connectivity index (χ2v) is 4.74. The summed E-state index contributed by atoms with van der Waals surface area (Å²) in [6, 6.07) is 4.62. The topological polar surface area (TPSA) is 58.6 Å². The van der Waals surface area contributed by atoms with Crippen molar-refractivity contribution in [3.05, 3.63) is 23.8 Å². The van der Waals surface area contributed by atoms with E-state index in [2.05, 4.69) is 30.6 Å². The number of benzene rings is 1. The zero-order valence-corrected chi connectivity index (χ0v) is 10.5.